The van der Waals surface area contributed by atoms with E-state index < -0.39 is 0 Å². The van der Waals surface area contributed by atoms with Crippen LogP contribution in [0.5, 0.6) is 11.5 Å². The van der Waals surface area contributed by atoms with E-state index in [0.29, 0.717) is 24.9 Å². The lowest BCUT2D eigenvalue weighted by atomic mass is 10.1. The Hall–Kier alpha value is -1.16. The molecule has 1 atom stereocenters. The minimum absolute atomic E-state index is 0.310. The third-order valence-corrected chi connectivity index (χ3v) is 4.71. The van der Waals surface area contributed by atoms with Crippen LogP contribution >= 0.6 is 11.8 Å². The van der Waals surface area contributed by atoms with Gasteiger partial charge < -0.3 is 9.47 Å². The first-order chi connectivity index (χ1) is 9.33. The first kappa shape index (κ1) is 12.9. The molecule has 1 aliphatic carbocycles. The normalized spacial score (nSPS) is 21.7. The molecule has 2 aliphatic rings. The van der Waals surface area contributed by atoms with Crippen molar-refractivity contribution in [1.82, 2.24) is 0 Å². The second-order valence-electron chi connectivity index (χ2n) is 5.00. The number of Topliss-reactive ketones (excluding diaryl/α,β-unsaturated/α-hetero) is 1. The zero-order valence-corrected chi connectivity index (χ0v) is 11.7. The number of hydrogen-bond donors (Lipinski definition) is 0. The Morgan fingerprint density at radius 1 is 1.21 bits per heavy atom. The molecule has 1 aromatic rings. The summed E-state index contributed by atoms with van der Waals surface area (Å²) in [5, 5.41) is 0. The topological polar surface area (TPSA) is 35.5 Å². The predicted molar refractivity (Wildman–Crippen MR) is 75.1 cm³/mol. The number of ether oxygens (including phenoxy) is 2. The van der Waals surface area contributed by atoms with E-state index in [1.54, 1.807) is 11.8 Å². The van der Waals surface area contributed by atoms with Crippen LogP contribution in [0.15, 0.2) is 23.1 Å². The van der Waals surface area contributed by atoms with Crippen LogP contribution in [0.25, 0.3) is 0 Å². The first-order valence-electron chi connectivity index (χ1n) is 6.88. The number of hydrogen-bond acceptors (Lipinski definition) is 4. The van der Waals surface area contributed by atoms with Crippen LogP contribution in [0.2, 0.25) is 0 Å². The van der Waals surface area contributed by atoms with Crippen LogP contribution in [0.3, 0.4) is 0 Å². The highest BCUT2D eigenvalue weighted by atomic mass is 32.2. The number of fused-ring (bicyclic) bond motifs is 1. The fourth-order valence-electron chi connectivity index (χ4n) is 2.63. The third-order valence-electron chi connectivity index (χ3n) is 3.68. The highest BCUT2D eigenvalue weighted by Crippen LogP contribution is 2.35. The standard InChI is InChI=1S/C15H18O3S/c16-13-3-1-2-11(13)6-9-19-12-4-5-14-15(10-12)18-8-7-17-14/h4-5,10-11H,1-3,6-9H2. The number of benzene rings is 1. The van der Waals surface area contributed by atoms with Crippen LogP contribution in [0.1, 0.15) is 25.7 Å². The molecule has 0 spiro atoms. The molecule has 3 rings (SSSR count). The summed E-state index contributed by atoms with van der Waals surface area (Å²) >= 11 is 1.79. The monoisotopic (exact) mass is 278 g/mol. The van der Waals surface area contributed by atoms with Crippen LogP contribution < -0.4 is 9.47 Å². The molecule has 1 saturated carbocycles. The van der Waals surface area contributed by atoms with E-state index in [2.05, 4.69) is 6.07 Å². The van der Waals surface area contributed by atoms with Gasteiger partial charge >= 0.3 is 0 Å². The van der Waals surface area contributed by atoms with Crippen molar-refractivity contribution >= 4 is 17.5 Å². The van der Waals surface area contributed by atoms with Gasteiger partial charge in [0.25, 0.3) is 0 Å². The molecule has 1 aromatic carbocycles. The van der Waals surface area contributed by atoms with Crippen LogP contribution in [-0.2, 0) is 4.79 Å². The maximum atomic E-state index is 11.6. The lowest BCUT2D eigenvalue weighted by Crippen LogP contribution is -2.15. The molecule has 0 saturated heterocycles. The summed E-state index contributed by atoms with van der Waals surface area (Å²) in [5.74, 6) is 3.44. The second-order valence-corrected chi connectivity index (χ2v) is 6.17. The van der Waals surface area contributed by atoms with Gasteiger partial charge in [0.15, 0.2) is 11.5 Å². The van der Waals surface area contributed by atoms with Gasteiger partial charge in [-0.05, 0) is 43.2 Å². The van der Waals surface area contributed by atoms with Crippen LogP contribution in [0.4, 0.5) is 0 Å². The van der Waals surface area contributed by atoms with Crippen molar-refractivity contribution in [2.75, 3.05) is 19.0 Å². The minimum atomic E-state index is 0.310. The zero-order chi connectivity index (χ0) is 13.1. The summed E-state index contributed by atoms with van der Waals surface area (Å²) in [6.45, 7) is 1.25. The van der Waals surface area contributed by atoms with Gasteiger partial charge in [0, 0.05) is 17.2 Å². The number of carbonyl (C=O) groups is 1. The summed E-state index contributed by atoms with van der Waals surface area (Å²) < 4.78 is 11.1. The van der Waals surface area contributed by atoms with Crippen LogP contribution in [0, 0.1) is 5.92 Å². The number of thioether (sulfide) groups is 1. The zero-order valence-electron chi connectivity index (χ0n) is 10.9. The van der Waals surface area contributed by atoms with Crippen molar-refractivity contribution in [2.45, 2.75) is 30.6 Å². The second kappa shape index (κ2) is 5.87. The highest BCUT2D eigenvalue weighted by Gasteiger charge is 2.23. The summed E-state index contributed by atoms with van der Waals surface area (Å²) in [5.41, 5.74) is 0. The number of ketones is 1. The molecule has 3 nitrogen and oxygen atoms in total. The van der Waals surface area contributed by atoms with Crippen molar-refractivity contribution in [2.24, 2.45) is 5.92 Å². The van der Waals surface area contributed by atoms with Crippen LogP contribution in [-0.4, -0.2) is 24.7 Å². The number of carbonyl (C=O) groups excluding carboxylic acids is 1. The molecule has 0 N–H and O–H groups in total. The van der Waals surface area contributed by atoms with Crippen molar-refractivity contribution < 1.29 is 14.3 Å². The van der Waals surface area contributed by atoms with E-state index in [1.807, 2.05) is 12.1 Å². The summed E-state index contributed by atoms with van der Waals surface area (Å²) in [4.78, 5) is 12.8. The summed E-state index contributed by atoms with van der Waals surface area (Å²) in [6.07, 6.45) is 3.95. The molecular weight excluding hydrogens is 260 g/mol. The van der Waals surface area contributed by atoms with E-state index in [4.69, 9.17) is 9.47 Å². The van der Waals surface area contributed by atoms with E-state index >= 15 is 0 Å². The van der Waals surface area contributed by atoms with E-state index in [-0.39, 0.29) is 0 Å². The minimum Gasteiger partial charge on any atom is -0.486 e. The lowest BCUT2D eigenvalue weighted by molar-refractivity contribution is -0.120. The molecule has 1 unspecified atom stereocenters. The Labute approximate surface area is 117 Å². The average Bonchev–Trinajstić information content (AvgIpc) is 2.84. The van der Waals surface area contributed by atoms with Gasteiger partial charge in [-0.2, -0.15) is 0 Å². The quantitative estimate of drug-likeness (QED) is 0.792. The molecule has 1 fully saturated rings. The van der Waals surface area contributed by atoms with Gasteiger partial charge in [-0.25, -0.2) is 0 Å². The van der Waals surface area contributed by atoms with Crippen molar-refractivity contribution in [3.63, 3.8) is 0 Å². The van der Waals surface area contributed by atoms with Gasteiger partial charge in [0.2, 0.25) is 0 Å². The summed E-state index contributed by atoms with van der Waals surface area (Å²) in [7, 11) is 0. The molecule has 0 radical (unpaired) electrons. The Morgan fingerprint density at radius 2 is 2.05 bits per heavy atom. The molecule has 0 aromatic heterocycles. The predicted octanol–water partition coefficient (Wildman–Crippen LogP) is 3.31. The Bertz CT molecular complexity index is 472. The molecule has 19 heavy (non-hydrogen) atoms. The van der Waals surface area contributed by atoms with Gasteiger partial charge in [-0.3, -0.25) is 4.79 Å². The van der Waals surface area contributed by atoms with E-state index in [9.17, 15) is 4.79 Å². The fourth-order valence-corrected chi connectivity index (χ4v) is 3.62. The first-order valence-corrected chi connectivity index (χ1v) is 7.86. The van der Waals surface area contributed by atoms with Gasteiger partial charge in [0.05, 0.1) is 0 Å². The molecule has 1 aliphatic heterocycles. The lowest BCUT2D eigenvalue weighted by Gasteiger charge is -2.18. The fraction of sp³-hybridized carbons (Fsp3) is 0.533. The highest BCUT2D eigenvalue weighted by molar-refractivity contribution is 7.99. The SMILES string of the molecule is O=C1CCCC1CCSc1ccc2c(c1)OCCO2. The van der Waals surface area contributed by atoms with Crippen molar-refractivity contribution in [3.05, 3.63) is 18.2 Å². The van der Waals surface area contributed by atoms with Gasteiger partial charge in [-0.15, -0.1) is 11.8 Å². The largest absolute Gasteiger partial charge is 0.486 e. The molecule has 0 amide bonds. The molecule has 4 heteroatoms. The third kappa shape index (κ3) is 3.06. The van der Waals surface area contributed by atoms with Gasteiger partial charge in [0.1, 0.15) is 19.0 Å². The molecular formula is C15H18O3S. The molecule has 102 valence electrons. The molecule has 0 bridgehead atoms. The average molecular weight is 278 g/mol. The van der Waals surface area contributed by atoms with E-state index in [1.165, 1.54) is 4.90 Å². The van der Waals surface area contributed by atoms with E-state index in [0.717, 1.165) is 42.9 Å². The maximum absolute atomic E-state index is 11.6. The van der Waals surface area contributed by atoms with Gasteiger partial charge in [-0.1, -0.05) is 0 Å². The summed E-state index contributed by atoms with van der Waals surface area (Å²) in [6, 6.07) is 6.07. The Balaban J connectivity index is 1.53. The maximum Gasteiger partial charge on any atom is 0.162 e. The smallest absolute Gasteiger partial charge is 0.162 e. The van der Waals surface area contributed by atoms with Crippen molar-refractivity contribution in [1.29, 1.82) is 0 Å². The molecule has 1 heterocycles. The Morgan fingerprint density at radius 3 is 2.84 bits per heavy atom. The van der Waals surface area contributed by atoms with Crippen molar-refractivity contribution in [3.8, 4) is 11.5 Å². The Kier molecular flexibility index (Phi) is 3.97. The number of rotatable bonds is 4.